The molecule has 0 spiro atoms. The zero-order chi connectivity index (χ0) is 12.9. The van der Waals surface area contributed by atoms with E-state index in [1.807, 2.05) is 7.05 Å². The number of hydrogen-bond donors (Lipinski definition) is 2. The molecule has 1 aliphatic rings. The normalized spacial score (nSPS) is 28.1. The van der Waals surface area contributed by atoms with E-state index in [1.54, 1.807) is 0 Å². The van der Waals surface area contributed by atoms with Crippen LogP contribution in [-0.4, -0.2) is 26.2 Å². The Hall–Kier alpha value is -0.0800. The zero-order valence-corrected chi connectivity index (χ0v) is 12.5. The first-order valence-corrected chi connectivity index (χ1v) is 7.31. The predicted octanol–water partition coefficient (Wildman–Crippen LogP) is 3.04. The summed E-state index contributed by atoms with van der Waals surface area (Å²) in [5.74, 6) is 1.85. The van der Waals surface area contributed by atoms with Gasteiger partial charge < -0.3 is 10.6 Å². The van der Waals surface area contributed by atoms with Gasteiger partial charge >= 0.3 is 0 Å². The molecule has 0 aromatic heterocycles. The average molecular weight is 240 g/mol. The standard InChI is InChI=1S/C15H32N2/c1-12(10-16-5)17-11-13-6-8-14(9-7-13)15(2,3)4/h12-14,16-17H,6-11H2,1-5H3. The van der Waals surface area contributed by atoms with Gasteiger partial charge in [0.05, 0.1) is 0 Å². The van der Waals surface area contributed by atoms with Crippen molar-refractivity contribution in [2.75, 3.05) is 20.1 Å². The van der Waals surface area contributed by atoms with Crippen molar-refractivity contribution in [1.29, 1.82) is 0 Å². The van der Waals surface area contributed by atoms with Crippen LogP contribution in [0.4, 0.5) is 0 Å². The SMILES string of the molecule is CNCC(C)NCC1CCC(C(C)(C)C)CC1. The molecule has 0 aromatic carbocycles. The van der Waals surface area contributed by atoms with E-state index < -0.39 is 0 Å². The Kier molecular flexibility index (Phi) is 5.94. The van der Waals surface area contributed by atoms with Crippen LogP contribution in [0.15, 0.2) is 0 Å². The van der Waals surface area contributed by atoms with Crippen LogP contribution < -0.4 is 10.6 Å². The quantitative estimate of drug-likeness (QED) is 0.772. The number of likely N-dealkylation sites (N-methyl/N-ethyl adjacent to an activating group) is 1. The molecular formula is C15H32N2. The largest absolute Gasteiger partial charge is 0.318 e. The molecule has 102 valence electrons. The first kappa shape index (κ1) is 15.0. The van der Waals surface area contributed by atoms with Gasteiger partial charge in [0.15, 0.2) is 0 Å². The van der Waals surface area contributed by atoms with Gasteiger partial charge in [-0.25, -0.2) is 0 Å². The fourth-order valence-corrected chi connectivity index (χ4v) is 2.98. The molecule has 1 atom stereocenters. The molecule has 0 heterocycles. The maximum absolute atomic E-state index is 3.64. The van der Waals surface area contributed by atoms with Gasteiger partial charge in [-0.15, -0.1) is 0 Å². The maximum Gasteiger partial charge on any atom is 0.0164 e. The highest BCUT2D eigenvalue weighted by Gasteiger charge is 2.29. The smallest absolute Gasteiger partial charge is 0.0164 e. The Morgan fingerprint density at radius 3 is 2.18 bits per heavy atom. The van der Waals surface area contributed by atoms with E-state index in [2.05, 4.69) is 38.3 Å². The van der Waals surface area contributed by atoms with Crippen LogP contribution in [0, 0.1) is 17.3 Å². The summed E-state index contributed by atoms with van der Waals surface area (Å²) in [5.41, 5.74) is 0.512. The highest BCUT2D eigenvalue weighted by molar-refractivity contribution is 4.81. The number of rotatable bonds is 5. The lowest BCUT2D eigenvalue weighted by molar-refractivity contribution is 0.148. The van der Waals surface area contributed by atoms with Gasteiger partial charge in [-0.3, -0.25) is 0 Å². The van der Waals surface area contributed by atoms with E-state index in [4.69, 9.17) is 0 Å². The summed E-state index contributed by atoms with van der Waals surface area (Å²) in [5, 5.41) is 6.86. The van der Waals surface area contributed by atoms with Crippen molar-refractivity contribution in [3.8, 4) is 0 Å². The molecule has 0 radical (unpaired) electrons. The Bertz CT molecular complexity index is 199. The number of nitrogens with one attached hydrogen (secondary N) is 2. The summed E-state index contributed by atoms with van der Waals surface area (Å²) < 4.78 is 0. The summed E-state index contributed by atoms with van der Waals surface area (Å²) in [4.78, 5) is 0. The fourth-order valence-electron chi connectivity index (χ4n) is 2.98. The zero-order valence-electron chi connectivity index (χ0n) is 12.5. The third kappa shape index (κ3) is 5.39. The minimum absolute atomic E-state index is 0.512. The highest BCUT2D eigenvalue weighted by Crippen LogP contribution is 2.39. The first-order valence-electron chi connectivity index (χ1n) is 7.31. The summed E-state index contributed by atoms with van der Waals surface area (Å²) in [7, 11) is 2.02. The van der Waals surface area contributed by atoms with Crippen molar-refractivity contribution in [1.82, 2.24) is 10.6 Å². The van der Waals surface area contributed by atoms with Gasteiger partial charge in [-0.05, 0) is 63.5 Å². The molecule has 1 fully saturated rings. The van der Waals surface area contributed by atoms with Crippen molar-refractivity contribution >= 4 is 0 Å². The number of hydrogen-bond acceptors (Lipinski definition) is 2. The molecule has 1 aliphatic carbocycles. The Balaban J connectivity index is 2.19. The molecule has 2 nitrogen and oxygen atoms in total. The van der Waals surface area contributed by atoms with Crippen LogP contribution in [0.2, 0.25) is 0 Å². The predicted molar refractivity (Wildman–Crippen MR) is 76.3 cm³/mol. The molecule has 0 saturated heterocycles. The van der Waals surface area contributed by atoms with Crippen LogP contribution in [0.3, 0.4) is 0 Å². The Morgan fingerprint density at radius 1 is 1.12 bits per heavy atom. The van der Waals surface area contributed by atoms with Crippen molar-refractivity contribution in [3.05, 3.63) is 0 Å². The highest BCUT2D eigenvalue weighted by atomic mass is 15.0. The summed E-state index contributed by atoms with van der Waals surface area (Å²) in [6, 6.07) is 0.598. The molecule has 0 aromatic rings. The fraction of sp³-hybridized carbons (Fsp3) is 1.00. The summed E-state index contributed by atoms with van der Waals surface area (Å²) >= 11 is 0. The van der Waals surface area contributed by atoms with E-state index in [-0.39, 0.29) is 0 Å². The lowest BCUT2D eigenvalue weighted by Crippen LogP contribution is -2.39. The maximum atomic E-state index is 3.64. The van der Waals surface area contributed by atoms with E-state index >= 15 is 0 Å². The van der Waals surface area contributed by atoms with Gasteiger partial charge in [0, 0.05) is 12.6 Å². The molecule has 17 heavy (non-hydrogen) atoms. The van der Waals surface area contributed by atoms with E-state index in [0.29, 0.717) is 11.5 Å². The monoisotopic (exact) mass is 240 g/mol. The molecule has 2 N–H and O–H groups in total. The Morgan fingerprint density at radius 2 is 1.71 bits per heavy atom. The molecule has 2 heteroatoms. The van der Waals surface area contributed by atoms with Gasteiger partial charge in [0.25, 0.3) is 0 Å². The third-order valence-electron chi connectivity index (χ3n) is 4.34. The van der Waals surface area contributed by atoms with Gasteiger partial charge in [-0.2, -0.15) is 0 Å². The molecule has 1 saturated carbocycles. The van der Waals surface area contributed by atoms with Gasteiger partial charge in [-0.1, -0.05) is 20.8 Å². The van der Waals surface area contributed by atoms with Crippen LogP contribution >= 0.6 is 0 Å². The average Bonchev–Trinajstić information content (AvgIpc) is 2.26. The van der Waals surface area contributed by atoms with Crippen molar-refractivity contribution in [3.63, 3.8) is 0 Å². The van der Waals surface area contributed by atoms with E-state index in [9.17, 15) is 0 Å². The lowest BCUT2D eigenvalue weighted by atomic mass is 9.70. The van der Waals surface area contributed by atoms with Gasteiger partial charge in [0.2, 0.25) is 0 Å². The molecule has 0 amide bonds. The molecule has 0 aliphatic heterocycles. The van der Waals surface area contributed by atoms with E-state index in [0.717, 1.165) is 18.4 Å². The van der Waals surface area contributed by atoms with Crippen molar-refractivity contribution in [2.45, 2.75) is 59.4 Å². The van der Waals surface area contributed by atoms with E-state index in [1.165, 1.54) is 32.2 Å². The summed E-state index contributed by atoms with van der Waals surface area (Å²) in [6.07, 6.45) is 5.69. The van der Waals surface area contributed by atoms with Gasteiger partial charge in [0.1, 0.15) is 0 Å². The molecule has 1 unspecified atom stereocenters. The molecular weight excluding hydrogens is 208 g/mol. The topological polar surface area (TPSA) is 24.1 Å². The minimum atomic E-state index is 0.512. The first-order chi connectivity index (χ1) is 7.93. The lowest BCUT2D eigenvalue weighted by Gasteiger charge is -2.37. The van der Waals surface area contributed by atoms with Crippen LogP contribution in [0.1, 0.15) is 53.4 Å². The van der Waals surface area contributed by atoms with Crippen molar-refractivity contribution in [2.24, 2.45) is 17.3 Å². The molecule has 0 bridgehead atoms. The second kappa shape index (κ2) is 6.75. The second-order valence-corrected chi connectivity index (χ2v) is 6.95. The van der Waals surface area contributed by atoms with Crippen LogP contribution in [0.5, 0.6) is 0 Å². The summed E-state index contributed by atoms with van der Waals surface area (Å²) in [6.45, 7) is 11.7. The van der Waals surface area contributed by atoms with Crippen molar-refractivity contribution < 1.29 is 0 Å². The molecule has 1 rings (SSSR count). The second-order valence-electron chi connectivity index (χ2n) is 6.95. The third-order valence-corrected chi connectivity index (χ3v) is 4.34. The minimum Gasteiger partial charge on any atom is -0.318 e. The Labute approximate surface area is 108 Å². The van der Waals surface area contributed by atoms with Crippen LogP contribution in [-0.2, 0) is 0 Å². The van der Waals surface area contributed by atoms with Crippen LogP contribution in [0.25, 0.3) is 0 Å².